The van der Waals surface area contributed by atoms with Crippen LogP contribution < -0.4 is 4.72 Å². The van der Waals surface area contributed by atoms with E-state index in [0.29, 0.717) is 3.79 Å². The van der Waals surface area contributed by atoms with E-state index in [0.717, 1.165) is 11.3 Å². The Kier molecular flexibility index (Phi) is 4.78. The summed E-state index contributed by atoms with van der Waals surface area (Å²) < 4.78 is 47.2. The number of halogens is 2. The first-order valence-electron chi connectivity index (χ1n) is 3.88. The van der Waals surface area contributed by atoms with Crippen molar-refractivity contribution in [3.8, 4) is 0 Å². The number of rotatable bonds is 5. The molecule has 1 aromatic heterocycles. The number of hydrogen-bond acceptors (Lipinski definition) is 5. The van der Waals surface area contributed by atoms with Gasteiger partial charge in [0.05, 0.1) is 9.54 Å². The smallest absolute Gasteiger partial charge is 0.212 e. The van der Waals surface area contributed by atoms with E-state index in [1.807, 2.05) is 0 Å². The Morgan fingerprint density at radius 2 is 1.94 bits per heavy atom. The molecule has 0 amide bonds. The van der Waals surface area contributed by atoms with Gasteiger partial charge < -0.3 is 0 Å². The highest BCUT2D eigenvalue weighted by Gasteiger charge is 2.17. The van der Waals surface area contributed by atoms with Gasteiger partial charge in [-0.15, -0.1) is 11.3 Å². The topological polar surface area (TPSA) is 80.3 Å². The molecule has 0 saturated heterocycles. The molecular weight excluding hydrogens is 362 g/mol. The van der Waals surface area contributed by atoms with Gasteiger partial charge in [-0.1, -0.05) is 0 Å². The van der Waals surface area contributed by atoms with Crippen LogP contribution in [0.5, 0.6) is 0 Å². The van der Waals surface area contributed by atoms with Gasteiger partial charge in [-0.25, -0.2) is 21.6 Å². The Hall–Kier alpha value is 0.330. The van der Waals surface area contributed by atoms with E-state index in [-0.39, 0.29) is 10.8 Å². The summed E-state index contributed by atoms with van der Waals surface area (Å²) in [6, 6.07) is 3.02. The number of hydrogen-bond donors (Lipinski definition) is 1. The summed E-state index contributed by atoms with van der Waals surface area (Å²) in [5, 5.41) is 0. The molecular formula is C6H7BrClNO4S3. The van der Waals surface area contributed by atoms with Crippen LogP contribution in [0.25, 0.3) is 0 Å². The normalized spacial score (nSPS) is 12.9. The Labute approximate surface area is 110 Å². The van der Waals surface area contributed by atoms with Crippen molar-refractivity contribution in [3.05, 3.63) is 15.9 Å². The fourth-order valence-corrected chi connectivity index (χ4v) is 4.60. The first-order chi connectivity index (χ1) is 7.21. The molecule has 1 heterocycles. The van der Waals surface area contributed by atoms with Crippen molar-refractivity contribution in [2.45, 2.75) is 4.21 Å². The lowest BCUT2D eigenvalue weighted by molar-refractivity contribution is 0.584. The summed E-state index contributed by atoms with van der Waals surface area (Å²) in [5.41, 5.74) is 0. The highest BCUT2D eigenvalue weighted by Crippen LogP contribution is 2.25. The van der Waals surface area contributed by atoms with Crippen LogP contribution in [-0.2, 0) is 19.1 Å². The predicted molar refractivity (Wildman–Crippen MR) is 66.8 cm³/mol. The maximum absolute atomic E-state index is 11.6. The fraction of sp³-hybridized carbons (Fsp3) is 0.333. The van der Waals surface area contributed by atoms with Gasteiger partial charge >= 0.3 is 0 Å². The molecule has 0 aromatic carbocycles. The summed E-state index contributed by atoms with van der Waals surface area (Å²) in [6.45, 7) is -0.246. The lowest BCUT2D eigenvalue weighted by Crippen LogP contribution is -2.27. The molecule has 0 bridgehead atoms. The lowest BCUT2D eigenvalue weighted by atomic mass is 10.7. The molecule has 0 fully saturated rings. The monoisotopic (exact) mass is 367 g/mol. The molecule has 0 spiro atoms. The average Bonchev–Trinajstić information content (AvgIpc) is 2.49. The van der Waals surface area contributed by atoms with Crippen LogP contribution in [0.15, 0.2) is 20.1 Å². The van der Waals surface area contributed by atoms with E-state index in [1.54, 1.807) is 6.07 Å². The summed E-state index contributed by atoms with van der Waals surface area (Å²) in [7, 11) is -2.39. The molecule has 5 nitrogen and oxygen atoms in total. The fourth-order valence-electron chi connectivity index (χ4n) is 0.811. The summed E-state index contributed by atoms with van der Waals surface area (Å²) in [5.74, 6) is -0.444. The molecule has 0 aliphatic heterocycles. The number of nitrogens with one attached hydrogen (secondary N) is 1. The Bertz CT molecular complexity index is 564. The molecule has 0 unspecified atom stereocenters. The molecule has 1 aromatic rings. The van der Waals surface area contributed by atoms with Gasteiger partial charge in [0.2, 0.25) is 19.1 Å². The zero-order valence-electron chi connectivity index (χ0n) is 7.68. The van der Waals surface area contributed by atoms with Crippen molar-refractivity contribution < 1.29 is 16.8 Å². The summed E-state index contributed by atoms with van der Waals surface area (Å²) in [6.07, 6.45) is 0. The third-order valence-electron chi connectivity index (χ3n) is 1.45. The summed E-state index contributed by atoms with van der Waals surface area (Å²) >= 11 is 4.17. The predicted octanol–water partition coefficient (Wildman–Crippen LogP) is 1.36. The van der Waals surface area contributed by atoms with Gasteiger partial charge in [-0.2, -0.15) is 0 Å². The molecule has 0 saturated carbocycles. The van der Waals surface area contributed by atoms with Crippen molar-refractivity contribution in [2.75, 3.05) is 12.3 Å². The molecule has 0 atom stereocenters. The van der Waals surface area contributed by atoms with Gasteiger partial charge in [0.25, 0.3) is 0 Å². The van der Waals surface area contributed by atoms with Crippen molar-refractivity contribution in [1.29, 1.82) is 0 Å². The van der Waals surface area contributed by atoms with E-state index in [9.17, 15) is 16.8 Å². The number of thiophene rings is 1. The van der Waals surface area contributed by atoms with Gasteiger partial charge in [0, 0.05) is 17.2 Å². The summed E-state index contributed by atoms with van der Waals surface area (Å²) in [4.78, 5) is 0. The molecule has 10 heteroatoms. The van der Waals surface area contributed by atoms with Crippen LogP contribution in [0, 0.1) is 0 Å². The second-order valence-electron chi connectivity index (χ2n) is 2.70. The highest BCUT2D eigenvalue weighted by atomic mass is 79.9. The standard InChI is InChI=1S/C6H7BrClNO4S3/c7-5-1-2-6(14-5)16(12,13)9-3-4-15(8,10)11/h1-2,9H,3-4H2. The van der Waals surface area contributed by atoms with Crippen LogP contribution in [0.2, 0.25) is 0 Å². The van der Waals surface area contributed by atoms with Crippen LogP contribution in [0.4, 0.5) is 0 Å². The second-order valence-corrected chi connectivity index (χ2v) is 10.1. The highest BCUT2D eigenvalue weighted by molar-refractivity contribution is 9.11. The van der Waals surface area contributed by atoms with Gasteiger partial charge in [-0.3, -0.25) is 0 Å². The minimum absolute atomic E-state index is 0.117. The molecule has 16 heavy (non-hydrogen) atoms. The minimum atomic E-state index is -3.68. The average molecular weight is 369 g/mol. The molecule has 1 N–H and O–H groups in total. The van der Waals surface area contributed by atoms with E-state index in [4.69, 9.17) is 10.7 Å². The first-order valence-corrected chi connectivity index (χ1v) is 9.45. The quantitative estimate of drug-likeness (QED) is 0.796. The maximum atomic E-state index is 11.6. The number of sulfonamides is 1. The third-order valence-corrected chi connectivity index (χ3v) is 6.18. The van der Waals surface area contributed by atoms with Crippen LogP contribution in [0.1, 0.15) is 0 Å². The largest absolute Gasteiger partial charge is 0.250 e. The van der Waals surface area contributed by atoms with E-state index in [1.165, 1.54) is 6.07 Å². The molecule has 0 aliphatic rings. The molecule has 0 aliphatic carbocycles. The lowest BCUT2D eigenvalue weighted by Gasteiger charge is -2.02. The zero-order valence-corrected chi connectivity index (χ0v) is 12.5. The Balaban J connectivity index is 2.67. The van der Waals surface area contributed by atoms with Crippen molar-refractivity contribution in [3.63, 3.8) is 0 Å². The van der Waals surface area contributed by atoms with Crippen molar-refractivity contribution >= 4 is 57.0 Å². The molecule has 0 radical (unpaired) electrons. The van der Waals surface area contributed by atoms with E-state index in [2.05, 4.69) is 20.7 Å². The van der Waals surface area contributed by atoms with Crippen LogP contribution in [-0.4, -0.2) is 29.1 Å². The van der Waals surface area contributed by atoms with Gasteiger partial charge in [0.15, 0.2) is 0 Å². The van der Waals surface area contributed by atoms with Crippen LogP contribution in [0.3, 0.4) is 0 Å². The third kappa shape index (κ3) is 4.68. The Morgan fingerprint density at radius 3 is 2.38 bits per heavy atom. The first kappa shape index (κ1) is 14.4. The SMILES string of the molecule is O=S(=O)(Cl)CCNS(=O)(=O)c1ccc(Br)s1. The Morgan fingerprint density at radius 1 is 1.31 bits per heavy atom. The zero-order chi connectivity index (χ0) is 12.4. The van der Waals surface area contributed by atoms with E-state index < -0.39 is 24.8 Å². The van der Waals surface area contributed by atoms with E-state index >= 15 is 0 Å². The van der Waals surface area contributed by atoms with Gasteiger partial charge in [0.1, 0.15) is 4.21 Å². The van der Waals surface area contributed by atoms with Gasteiger partial charge in [-0.05, 0) is 28.1 Å². The van der Waals surface area contributed by atoms with Crippen molar-refractivity contribution in [2.24, 2.45) is 0 Å². The maximum Gasteiger partial charge on any atom is 0.250 e. The second kappa shape index (κ2) is 5.32. The van der Waals surface area contributed by atoms with Crippen molar-refractivity contribution in [1.82, 2.24) is 4.72 Å². The van der Waals surface area contributed by atoms with Crippen LogP contribution >= 0.6 is 37.9 Å². The molecule has 1 rings (SSSR count). The minimum Gasteiger partial charge on any atom is -0.212 e. The molecule has 92 valence electrons.